The maximum Gasteiger partial charge on any atom is 0.306 e. The van der Waals surface area contributed by atoms with E-state index in [9.17, 15) is 14.4 Å². The molecule has 302 valence electrons. The fourth-order valence-corrected chi connectivity index (χ4v) is 6.58. The van der Waals surface area contributed by atoms with Crippen LogP contribution in [-0.2, 0) is 28.6 Å². The van der Waals surface area contributed by atoms with Crippen LogP contribution >= 0.6 is 0 Å². The van der Waals surface area contributed by atoms with E-state index in [1.807, 2.05) is 0 Å². The number of carbonyl (C=O) groups excluding carboxylic acids is 3. The SMILES string of the molecule is CCCCCCCCCCCC(=O)O[C@H](COC(=O)CCCCCCCCCCCCC(C)C)COC(=O)CCCCCCCCCCC(C)C. The van der Waals surface area contributed by atoms with E-state index in [1.165, 1.54) is 128 Å². The van der Waals surface area contributed by atoms with Crippen LogP contribution in [0.3, 0.4) is 0 Å². The standard InChI is InChI=1S/C45H86O6/c1-6-7-8-9-10-13-22-27-32-37-45(48)51-42(39-50-44(47)36-31-26-21-17-16-19-24-29-34-41(4)5)38-49-43(46)35-30-25-20-15-12-11-14-18-23-28-33-40(2)3/h40-42H,6-39H2,1-5H3/t42-/m1/s1. The van der Waals surface area contributed by atoms with Crippen LogP contribution in [0.4, 0.5) is 0 Å². The van der Waals surface area contributed by atoms with Gasteiger partial charge in [0.15, 0.2) is 6.10 Å². The molecule has 0 unspecified atom stereocenters. The average molecular weight is 723 g/mol. The minimum absolute atomic E-state index is 0.0655. The molecule has 0 saturated carbocycles. The topological polar surface area (TPSA) is 78.9 Å². The molecule has 0 bridgehead atoms. The highest BCUT2D eigenvalue weighted by Crippen LogP contribution is 2.16. The first-order valence-corrected chi connectivity index (χ1v) is 22.2. The van der Waals surface area contributed by atoms with Crippen molar-refractivity contribution in [3.63, 3.8) is 0 Å². The molecule has 6 nitrogen and oxygen atoms in total. The third-order valence-corrected chi connectivity index (χ3v) is 9.97. The van der Waals surface area contributed by atoms with E-state index in [0.29, 0.717) is 19.3 Å². The first-order valence-electron chi connectivity index (χ1n) is 22.2. The Morgan fingerprint density at radius 1 is 0.373 bits per heavy atom. The Hall–Kier alpha value is -1.59. The number of hydrogen-bond donors (Lipinski definition) is 0. The molecule has 6 heteroatoms. The van der Waals surface area contributed by atoms with E-state index in [1.54, 1.807) is 0 Å². The van der Waals surface area contributed by atoms with Gasteiger partial charge in [-0.15, -0.1) is 0 Å². The molecule has 0 aliphatic rings. The predicted molar refractivity (Wildman–Crippen MR) is 215 cm³/mol. The fourth-order valence-electron chi connectivity index (χ4n) is 6.58. The average Bonchev–Trinajstić information content (AvgIpc) is 3.09. The summed E-state index contributed by atoms with van der Waals surface area (Å²) in [5.74, 6) is 0.752. The predicted octanol–water partition coefficient (Wildman–Crippen LogP) is 13.8. The zero-order valence-electron chi connectivity index (χ0n) is 34.7. The van der Waals surface area contributed by atoms with E-state index in [2.05, 4.69) is 34.6 Å². The first-order chi connectivity index (χ1) is 24.7. The summed E-state index contributed by atoms with van der Waals surface area (Å²) in [6, 6.07) is 0. The molecular weight excluding hydrogens is 636 g/mol. The quantitative estimate of drug-likeness (QED) is 0.0357. The van der Waals surface area contributed by atoms with Crippen LogP contribution in [0.25, 0.3) is 0 Å². The molecule has 0 rings (SSSR count). The lowest BCUT2D eigenvalue weighted by Crippen LogP contribution is -2.30. The molecule has 0 aliphatic carbocycles. The van der Waals surface area contributed by atoms with Gasteiger partial charge in [-0.2, -0.15) is 0 Å². The third kappa shape index (κ3) is 39.5. The van der Waals surface area contributed by atoms with Crippen LogP contribution < -0.4 is 0 Å². The number of carbonyl (C=O) groups is 3. The molecule has 1 atom stereocenters. The molecular formula is C45H86O6. The Kier molecular flexibility index (Phi) is 37.0. The molecule has 0 amide bonds. The Labute approximate surface area is 317 Å². The van der Waals surface area contributed by atoms with Gasteiger partial charge >= 0.3 is 17.9 Å². The second-order valence-corrected chi connectivity index (χ2v) is 16.3. The summed E-state index contributed by atoms with van der Waals surface area (Å²) >= 11 is 0. The highest BCUT2D eigenvalue weighted by Gasteiger charge is 2.19. The first kappa shape index (κ1) is 49.4. The monoisotopic (exact) mass is 723 g/mol. The lowest BCUT2D eigenvalue weighted by atomic mass is 10.0. The Morgan fingerprint density at radius 2 is 0.647 bits per heavy atom. The summed E-state index contributed by atoms with van der Waals surface area (Å²) in [6.07, 6.45) is 35.2. The van der Waals surface area contributed by atoms with Crippen LogP contribution in [0.2, 0.25) is 0 Å². The van der Waals surface area contributed by atoms with Gasteiger partial charge in [-0.25, -0.2) is 0 Å². The second kappa shape index (κ2) is 38.1. The molecule has 51 heavy (non-hydrogen) atoms. The van der Waals surface area contributed by atoms with E-state index in [4.69, 9.17) is 14.2 Å². The molecule has 0 N–H and O–H groups in total. The normalized spacial score (nSPS) is 12.1. The smallest absolute Gasteiger partial charge is 0.306 e. The van der Waals surface area contributed by atoms with Crippen molar-refractivity contribution < 1.29 is 28.6 Å². The van der Waals surface area contributed by atoms with Crippen LogP contribution in [0.15, 0.2) is 0 Å². The molecule has 0 fully saturated rings. The molecule has 0 heterocycles. The summed E-state index contributed by atoms with van der Waals surface area (Å²) in [7, 11) is 0. The molecule has 0 spiro atoms. The number of rotatable bonds is 39. The maximum absolute atomic E-state index is 12.6. The minimum Gasteiger partial charge on any atom is -0.462 e. The lowest BCUT2D eigenvalue weighted by molar-refractivity contribution is -0.167. The summed E-state index contributed by atoms with van der Waals surface area (Å²) in [5.41, 5.74) is 0. The number of esters is 3. The van der Waals surface area contributed by atoms with Gasteiger partial charge < -0.3 is 14.2 Å². The Bertz CT molecular complexity index is 779. The maximum atomic E-state index is 12.6. The second-order valence-electron chi connectivity index (χ2n) is 16.3. The lowest BCUT2D eigenvalue weighted by Gasteiger charge is -2.18. The van der Waals surface area contributed by atoms with Gasteiger partial charge in [0.05, 0.1) is 0 Å². The van der Waals surface area contributed by atoms with Gasteiger partial charge in [-0.1, -0.05) is 202 Å². The van der Waals surface area contributed by atoms with Gasteiger partial charge in [0.25, 0.3) is 0 Å². The van der Waals surface area contributed by atoms with Crippen molar-refractivity contribution in [1.82, 2.24) is 0 Å². The van der Waals surface area contributed by atoms with Crippen molar-refractivity contribution in [3.8, 4) is 0 Å². The molecule has 0 aromatic heterocycles. The van der Waals surface area contributed by atoms with Crippen molar-refractivity contribution in [1.29, 1.82) is 0 Å². The zero-order valence-corrected chi connectivity index (χ0v) is 34.7. The Morgan fingerprint density at radius 3 is 0.961 bits per heavy atom. The van der Waals surface area contributed by atoms with Crippen LogP contribution in [0.1, 0.15) is 240 Å². The Balaban J connectivity index is 4.31. The number of ether oxygens (including phenoxy) is 3. The van der Waals surface area contributed by atoms with Crippen LogP contribution in [0, 0.1) is 11.8 Å². The fraction of sp³-hybridized carbons (Fsp3) is 0.933. The molecule has 0 aromatic carbocycles. The van der Waals surface area contributed by atoms with Crippen molar-refractivity contribution in [2.75, 3.05) is 13.2 Å². The highest BCUT2D eigenvalue weighted by molar-refractivity contribution is 5.71. The molecule has 0 aromatic rings. The highest BCUT2D eigenvalue weighted by atomic mass is 16.6. The largest absolute Gasteiger partial charge is 0.462 e. The van der Waals surface area contributed by atoms with Crippen LogP contribution in [0.5, 0.6) is 0 Å². The van der Waals surface area contributed by atoms with E-state index in [0.717, 1.165) is 69.6 Å². The molecule has 0 aliphatic heterocycles. The van der Waals surface area contributed by atoms with Gasteiger partial charge in [0.1, 0.15) is 13.2 Å². The van der Waals surface area contributed by atoms with Crippen LogP contribution in [-0.4, -0.2) is 37.2 Å². The number of hydrogen-bond acceptors (Lipinski definition) is 6. The van der Waals surface area contributed by atoms with E-state index >= 15 is 0 Å². The van der Waals surface area contributed by atoms with Gasteiger partial charge in [0, 0.05) is 19.3 Å². The van der Waals surface area contributed by atoms with Gasteiger partial charge in [-0.3, -0.25) is 14.4 Å². The molecule has 0 saturated heterocycles. The van der Waals surface area contributed by atoms with Gasteiger partial charge in [-0.05, 0) is 31.1 Å². The van der Waals surface area contributed by atoms with E-state index in [-0.39, 0.29) is 31.1 Å². The summed E-state index contributed by atoms with van der Waals surface area (Å²) in [4.78, 5) is 37.6. The zero-order chi connectivity index (χ0) is 37.6. The van der Waals surface area contributed by atoms with Crippen molar-refractivity contribution >= 4 is 17.9 Å². The van der Waals surface area contributed by atoms with Crippen molar-refractivity contribution in [2.45, 2.75) is 246 Å². The summed E-state index contributed by atoms with van der Waals surface area (Å²) in [6.45, 7) is 11.3. The van der Waals surface area contributed by atoms with Crippen molar-refractivity contribution in [3.05, 3.63) is 0 Å². The van der Waals surface area contributed by atoms with Crippen molar-refractivity contribution in [2.24, 2.45) is 11.8 Å². The summed E-state index contributed by atoms with van der Waals surface area (Å²) in [5, 5.41) is 0. The number of unbranched alkanes of at least 4 members (excludes halogenated alkanes) is 24. The molecule has 0 radical (unpaired) electrons. The van der Waals surface area contributed by atoms with E-state index < -0.39 is 6.10 Å². The minimum atomic E-state index is -0.759. The van der Waals surface area contributed by atoms with Gasteiger partial charge in [0.2, 0.25) is 0 Å². The third-order valence-electron chi connectivity index (χ3n) is 9.97. The summed E-state index contributed by atoms with van der Waals surface area (Å²) < 4.78 is 16.7.